The van der Waals surface area contributed by atoms with E-state index in [-0.39, 0.29) is 17.7 Å². The summed E-state index contributed by atoms with van der Waals surface area (Å²) in [5, 5.41) is 5.91. The Labute approximate surface area is 172 Å². The van der Waals surface area contributed by atoms with Gasteiger partial charge in [-0.2, -0.15) is 0 Å². The second kappa shape index (κ2) is 8.78. The SMILES string of the molecule is CC1CC1C(=O)Nc1cccc(C(=O)Nc2cccc(CN3CCCCC3)c2)c1. The van der Waals surface area contributed by atoms with E-state index in [1.54, 1.807) is 18.2 Å². The molecule has 152 valence electrons. The Kier molecular flexibility index (Phi) is 5.95. The lowest BCUT2D eigenvalue weighted by atomic mass is 10.1. The van der Waals surface area contributed by atoms with Gasteiger partial charge in [-0.15, -0.1) is 0 Å². The molecule has 2 unspecified atom stereocenters. The molecule has 5 nitrogen and oxygen atoms in total. The molecular formula is C24H29N3O2. The Morgan fingerprint density at radius 2 is 1.66 bits per heavy atom. The average molecular weight is 392 g/mol. The summed E-state index contributed by atoms with van der Waals surface area (Å²) in [7, 11) is 0. The van der Waals surface area contributed by atoms with Crippen LogP contribution in [0, 0.1) is 11.8 Å². The number of piperidine rings is 1. The van der Waals surface area contributed by atoms with Gasteiger partial charge < -0.3 is 10.6 Å². The van der Waals surface area contributed by atoms with Crippen LogP contribution in [0.1, 0.15) is 48.5 Å². The van der Waals surface area contributed by atoms with Gasteiger partial charge in [0.1, 0.15) is 0 Å². The Morgan fingerprint density at radius 3 is 2.38 bits per heavy atom. The fourth-order valence-corrected chi connectivity index (χ4v) is 3.99. The molecular weight excluding hydrogens is 362 g/mol. The Morgan fingerprint density at radius 1 is 0.966 bits per heavy atom. The van der Waals surface area contributed by atoms with Crippen molar-refractivity contribution in [2.45, 2.75) is 39.2 Å². The number of anilines is 2. The first-order valence-corrected chi connectivity index (χ1v) is 10.6. The highest BCUT2D eigenvalue weighted by molar-refractivity contribution is 6.05. The molecule has 1 saturated carbocycles. The van der Waals surface area contributed by atoms with Crippen molar-refractivity contribution in [3.63, 3.8) is 0 Å². The zero-order chi connectivity index (χ0) is 20.2. The van der Waals surface area contributed by atoms with E-state index in [0.717, 1.165) is 31.7 Å². The van der Waals surface area contributed by atoms with Crippen LogP contribution in [-0.4, -0.2) is 29.8 Å². The molecule has 1 aliphatic carbocycles. The lowest BCUT2D eigenvalue weighted by Crippen LogP contribution is -2.29. The minimum Gasteiger partial charge on any atom is -0.326 e. The maximum absolute atomic E-state index is 12.7. The fraction of sp³-hybridized carbons (Fsp3) is 0.417. The molecule has 2 atom stereocenters. The molecule has 2 aromatic rings. The summed E-state index contributed by atoms with van der Waals surface area (Å²) in [6.07, 6.45) is 4.80. The Bertz CT molecular complexity index is 889. The molecule has 1 saturated heterocycles. The second-order valence-electron chi connectivity index (χ2n) is 8.38. The van der Waals surface area contributed by atoms with E-state index in [1.165, 1.54) is 24.8 Å². The molecule has 4 rings (SSSR count). The summed E-state index contributed by atoms with van der Waals surface area (Å²) in [5.41, 5.74) is 3.21. The summed E-state index contributed by atoms with van der Waals surface area (Å²) in [5.74, 6) is 0.435. The number of nitrogens with zero attached hydrogens (tertiary/aromatic N) is 1. The molecule has 2 aromatic carbocycles. The maximum Gasteiger partial charge on any atom is 0.255 e. The number of hydrogen-bond acceptors (Lipinski definition) is 3. The summed E-state index contributed by atoms with van der Waals surface area (Å²) >= 11 is 0. The third kappa shape index (κ3) is 5.24. The van der Waals surface area contributed by atoms with Crippen molar-refractivity contribution in [3.05, 3.63) is 59.7 Å². The second-order valence-corrected chi connectivity index (χ2v) is 8.38. The highest BCUT2D eigenvalue weighted by Crippen LogP contribution is 2.38. The monoisotopic (exact) mass is 391 g/mol. The first-order chi connectivity index (χ1) is 14.1. The van der Waals surface area contributed by atoms with Crippen molar-refractivity contribution < 1.29 is 9.59 Å². The molecule has 1 aliphatic heterocycles. The minimum absolute atomic E-state index is 0.0421. The summed E-state index contributed by atoms with van der Waals surface area (Å²) in [6.45, 7) is 5.29. The predicted octanol–water partition coefficient (Wildman–Crippen LogP) is 4.52. The van der Waals surface area contributed by atoms with Crippen LogP contribution in [0.4, 0.5) is 11.4 Å². The standard InChI is InChI=1S/C24H29N3O2/c1-17-13-22(17)24(29)26-21-10-6-8-19(15-21)23(28)25-20-9-5-7-18(14-20)16-27-11-3-2-4-12-27/h5-10,14-15,17,22H,2-4,11-13,16H2,1H3,(H,25,28)(H,26,29). The molecule has 0 aromatic heterocycles. The Hall–Kier alpha value is -2.66. The van der Waals surface area contributed by atoms with Gasteiger partial charge in [0.15, 0.2) is 0 Å². The van der Waals surface area contributed by atoms with Crippen LogP contribution < -0.4 is 10.6 Å². The molecule has 0 spiro atoms. The van der Waals surface area contributed by atoms with Crippen LogP contribution in [0.3, 0.4) is 0 Å². The van der Waals surface area contributed by atoms with Crippen LogP contribution in [0.15, 0.2) is 48.5 Å². The van der Waals surface area contributed by atoms with E-state index in [0.29, 0.717) is 17.2 Å². The van der Waals surface area contributed by atoms with Crippen LogP contribution in [0.2, 0.25) is 0 Å². The number of hydrogen-bond donors (Lipinski definition) is 2. The van der Waals surface area contributed by atoms with Crippen molar-refractivity contribution >= 4 is 23.2 Å². The molecule has 0 bridgehead atoms. The number of carbonyl (C=O) groups excluding carboxylic acids is 2. The van der Waals surface area contributed by atoms with Crippen LogP contribution >= 0.6 is 0 Å². The topological polar surface area (TPSA) is 61.4 Å². The van der Waals surface area contributed by atoms with Gasteiger partial charge in [-0.05, 0) is 74.2 Å². The van der Waals surface area contributed by atoms with E-state index in [1.807, 2.05) is 24.3 Å². The van der Waals surface area contributed by atoms with E-state index in [2.05, 4.69) is 28.5 Å². The minimum atomic E-state index is -0.170. The van der Waals surface area contributed by atoms with Crippen molar-refractivity contribution in [3.8, 4) is 0 Å². The van der Waals surface area contributed by atoms with Crippen LogP contribution in [0.25, 0.3) is 0 Å². The van der Waals surface area contributed by atoms with Crippen molar-refractivity contribution in [1.82, 2.24) is 4.90 Å². The maximum atomic E-state index is 12.7. The molecule has 29 heavy (non-hydrogen) atoms. The smallest absolute Gasteiger partial charge is 0.255 e. The summed E-state index contributed by atoms with van der Waals surface area (Å²) in [4.78, 5) is 27.3. The van der Waals surface area contributed by atoms with Gasteiger partial charge in [-0.25, -0.2) is 0 Å². The number of likely N-dealkylation sites (tertiary alicyclic amines) is 1. The number of nitrogens with one attached hydrogen (secondary N) is 2. The predicted molar refractivity (Wildman–Crippen MR) is 116 cm³/mol. The highest BCUT2D eigenvalue weighted by Gasteiger charge is 2.39. The zero-order valence-electron chi connectivity index (χ0n) is 17.0. The molecule has 2 N–H and O–H groups in total. The lowest BCUT2D eigenvalue weighted by Gasteiger charge is -2.26. The van der Waals surface area contributed by atoms with Crippen molar-refractivity contribution in [1.29, 1.82) is 0 Å². The quantitative estimate of drug-likeness (QED) is 0.761. The average Bonchev–Trinajstić information content (AvgIpc) is 3.46. The molecule has 0 radical (unpaired) electrons. The molecule has 5 heteroatoms. The summed E-state index contributed by atoms with van der Waals surface area (Å²) < 4.78 is 0. The molecule has 2 fully saturated rings. The normalized spacial score (nSPS) is 21.4. The van der Waals surface area contributed by atoms with Gasteiger partial charge in [0.05, 0.1) is 0 Å². The fourth-order valence-electron chi connectivity index (χ4n) is 3.99. The van der Waals surface area contributed by atoms with E-state index in [4.69, 9.17) is 0 Å². The molecule has 2 amide bonds. The Balaban J connectivity index is 1.38. The number of benzene rings is 2. The van der Waals surface area contributed by atoms with Gasteiger partial charge in [0.25, 0.3) is 5.91 Å². The van der Waals surface area contributed by atoms with Crippen molar-refractivity contribution in [2.24, 2.45) is 11.8 Å². The van der Waals surface area contributed by atoms with Gasteiger partial charge in [-0.3, -0.25) is 14.5 Å². The van der Waals surface area contributed by atoms with Crippen LogP contribution in [-0.2, 0) is 11.3 Å². The number of rotatable bonds is 6. The summed E-state index contributed by atoms with van der Waals surface area (Å²) in [6, 6.07) is 15.2. The van der Waals surface area contributed by atoms with E-state index < -0.39 is 0 Å². The molecule has 1 heterocycles. The lowest BCUT2D eigenvalue weighted by molar-refractivity contribution is -0.117. The van der Waals surface area contributed by atoms with Crippen molar-refractivity contribution in [2.75, 3.05) is 23.7 Å². The first-order valence-electron chi connectivity index (χ1n) is 10.6. The van der Waals surface area contributed by atoms with Gasteiger partial charge in [-0.1, -0.05) is 31.5 Å². The number of carbonyl (C=O) groups is 2. The van der Waals surface area contributed by atoms with E-state index >= 15 is 0 Å². The van der Waals surface area contributed by atoms with Crippen LogP contribution in [0.5, 0.6) is 0 Å². The first kappa shape index (κ1) is 19.6. The van der Waals surface area contributed by atoms with Gasteiger partial charge in [0.2, 0.25) is 5.91 Å². The highest BCUT2D eigenvalue weighted by atomic mass is 16.2. The molecule has 2 aliphatic rings. The van der Waals surface area contributed by atoms with Gasteiger partial charge in [0, 0.05) is 29.4 Å². The zero-order valence-corrected chi connectivity index (χ0v) is 17.0. The largest absolute Gasteiger partial charge is 0.326 e. The van der Waals surface area contributed by atoms with E-state index in [9.17, 15) is 9.59 Å². The third-order valence-electron chi connectivity index (χ3n) is 5.88. The number of amides is 2. The third-order valence-corrected chi connectivity index (χ3v) is 5.88. The van der Waals surface area contributed by atoms with Gasteiger partial charge >= 0.3 is 0 Å².